The number of nitrogens with one attached hydrogen (secondary N) is 1. The number of pyridine rings is 1. The molecule has 1 atom stereocenters. The van der Waals surface area contributed by atoms with Crippen LogP contribution in [0.5, 0.6) is 0 Å². The average Bonchev–Trinajstić information content (AvgIpc) is 2.56. The van der Waals surface area contributed by atoms with Gasteiger partial charge < -0.3 is 5.32 Å². The van der Waals surface area contributed by atoms with Gasteiger partial charge >= 0.3 is 0 Å². The Kier molecular flexibility index (Phi) is 6.42. The minimum absolute atomic E-state index is 0.434. The van der Waals surface area contributed by atoms with Gasteiger partial charge in [0.25, 0.3) is 0 Å². The molecule has 0 spiro atoms. The minimum atomic E-state index is 0.434. The number of aryl methyl sites for hydroxylation is 2. The van der Waals surface area contributed by atoms with Crippen molar-refractivity contribution < 1.29 is 0 Å². The number of hydrogen-bond acceptors (Lipinski definition) is 2. The molecule has 2 heteroatoms. The first-order valence-corrected chi connectivity index (χ1v) is 8.04. The normalized spacial score (nSPS) is 12.3. The summed E-state index contributed by atoms with van der Waals surface area (Å²) in [5.74, 6) is 0. The van der Waals surface area contributed by atoms with Crippen molar-refractivity contribution in [1.82, 2.24) is 10.3 Å². The van der Waals surface area contributed by atoms with Crippen LogP contribution in [0.4, 0.5) is 0 Å². The van der Waals surface area contributed by atoms with E-state index in [4.69, 9.17) is 0 Å². The van der Waals surface area contributed by atoms with Crippen molar-refractivity contribution in [2.24, 2.45) is 0 Å². The number of hydrogen-bond donors (Lipinski definition) is 1. The van der Waals surface area contributed by atoms with Crippen molar-refractivity contribution in [1.29, 1.82) is 0 Å². The zero-order valence-corrected chi connectivity index (χ0v) is 13.2. The lowest BCUT2D eigenvalue weighted by Crippen LogP contribution is -2.22. The van der Waals surface area contributed by atoms with E-state index in [1.165, 1.54) is 23.1 Å². The highest BCUT2D eigenvalue weighted by Gasteiger charge is 2.10. The van der Waals surface area contributed by atoms with Crippen LogP contribution in [0, 0.1) is 0 Å². The monoisotopic (exact) mass is 282 g/mol. The lowest BCUT2D eigenvalue weighted by Gasteiger charge is -2.19. The molecule has 2 nitrogen and oxygen atoms in total. The third kappa shape index (κ3) is 4.98. The van der Waals surface area contributed by atoms with Crippen LogP contribution in [0.1, 0.15) is 49.4 Å². The summed E-state index contributed by atoms with van der Waals surface area (Å²) in [7, 11) is 0. The lowest BCUT2D eigenvalue weighted by molar-refractivity contribution is 0.499. The largest absolute Gasteiger partial charge is 0.310 e. The van der Waals surface area contributed by atoms with E-state index >= 15 is 0 Å². The fourth-order valence-electron chi connectivity index (χ4n) is 2.55. The number of benzene rings is 1. The summed E-state index contributed by atoms with van der Waals surface area (Å²) >= 11 is 0. The number of nitrogens with zero attached hydrogens (tertiary/aromatic N) is 1. The molecule has 0 saturated carbocycles. The maximum Gasteiger partial charge on any atom is 0.0323 e. The van der Waals surface area contributed by atoms with Gasteiger partial charge in [-0.05, 0) is 61.1 Å². The standard InChI is InChI=1S/C19H26N2/c1-3-13-21-19(10-7-17-11-14-20-15-12-17)18-8-5-16(4-2)6-9-18/h5-6,8-9,11-12,14-15,19,21H,3-4,7,10,13H2,1-2H3. The van der Waals surface area contributed by atoms with E-state index in [1.54, 1.807) is 0 Å². The molecular weight excluding hydrogens is 256 g/mol. The van der Waals surface area contributed by atoms with Gasteiger partial charge in [0, 0.05) is 18.4 Å². The van der Waals surface area contributed by atoms with Crippen molar-refractivity contribution in [3.8, 4) is 0 Å². The molecule has 1 aromatic heterocycles. The smallest absolute Gasteiger partial charge is 0.0323 e. The Labute approximate surface area is 128 Å². The molecule has 0 aliphatic carbocycles. The van der Waals surface area contributed by atoms with Gasteiger partial charge in [-0.3, -0.25) is 4.98 Å². The molecule has 1 N–H and O–H groups in total. The third-order valence-corrected chi connectivity index (χ3v) is 3.90. The Bertz CT molecular complexity index is 505. The van der Waals surface area contributed by atoms with Crippen LogP contribution in [0.2, 0.25) is 0 Å². The van der Waals surface area contributed by atoms with Crippen molar-refractivity contribution >= 4 is 0 Å². The Hall–Kier alpha value is -1.67. The second kappa shape index (κ2) is 8.58. The first-order valence-electron chi connectivity index (χ1n) is 8.04. The average molecular weight is 282 g/mol. The van der Waals surface area contributed by atoms with Crippen LogP contribution < -0.4 is 5.32 Å². The molecule has 2 rings (SSSR count). The summed E-state index contributed by atoms with van der Waals surface area (Å²) in [5, 5.41) is 3.68. The van der Waals surface area contributed by atoms with E-state index in [-0.39, 0.29) is 0 Å². The van der Waals surface area contributed by atoms with Crippen molar-refractivity contribution in [3.05, 3.63) is 65.5 Å². The van der Waals surface area contributed by atoms with Gasteiger partial charge in [0.05, 0.1) is 0 Å². The van der Waals surface area contributed by atoms with Crippen molar-refractivity contribution in [2.75, 3.05) is 6.54 Å². The molecule has 2 aromatic rings. The molecule has 0 aliphatic rings. The highest BCUT2D eigenvalue weighted by atomic mass is 14.9. The van der Waals surface area contributed by atoms with Gasteiger partial charge in [0.1, 0.15) is 0 Å². The fourth-order valence-corrected chi connectivity index (χ4v) is 2.55. The molecule has 112 valence electrons. The third-order valence-electron chi connectivity index (χ3n) is 3.90. The maximum absolute atomic E-state index is 4.08. The summed E-state index contributed by atoms with van der Waals surface area (Å²) in [6.45, 7) is 5.48. The van der Waals surface area contributed by atoms with Gasteiger partial charge in [-0.2, -0.15) is 0 Å². The fraction of sp³-hybridized carbons (Fsp3) is 0.421. The second-order valence-corrected chi connectivity index (χ2v) is 5.50. The minimum Gasteiger partial charge on any atom is -0.310 e. The van der Waals surface area contributed by atoms with Gasteiger partial charge in [-0.25, -0.2) is 0 Å². The Balaban J connectivity index is 2.02. The molecule has 0 aliphatic heterocycles. The van der Waals surface area contributed by atoms with E-state index in [2.05, 4.69) is 60.5 Å². The summed E-state index contributed by atoms with van der Waals surface area (Å²) in [4.78, 5) is 4.08. The number of aromatic nitrogens is 1. The molecule has 0 amide bonds. The van der Waals surface area contributed by atoms with Gasteiger partial charge in [-0.15, -0.1) is 0 Å². The van der Waals surface area contributed by atoms with E-state index in [0.717, 1.165) is 25.8 Å². The second-order valence-electron chi connectivity index (χ2n) is 5.50. The molecule has 0 bridgehead atoms. The Morgan fingerprint density at radius 2 is 1.67 bits per heavy atom. The van der Waals surface area contributed by atoms with Crippen LogP contribution in [-0.4, -0.2) is 11.5 Å². The molecule has 1 aromatic carbocycles. The highest BCUT2D eigenvalue weighted by Crippen LogP contribution is 2.20. The summed E-state index contributed by atoms with van der Waals surface area (Å²) in [6, 6.07) is 13.7. The maximum atomic E-state index is 4.08. The van der Waals surface area contributed by atoms with E-state index < -0.39 is 0 Å². The van der Waals surface area contributed by atoms with E-state index in [1.807, 2.05) is 12.4 Å². The van der Waals surface area contributed by atoms with Crippen LogP contribution in [-0.2, 0) is 12.8 Å². The van der Waals surface area contributed by atoms with Crippen molar-refractivity contribution in [2.45, 2.75) is 45.6 Å². The summed E-state index contributed by atoms with van der Waals surface area (Å²) < 4.78 is 0. The van der Waals surface area contributed by atoms with Crippen LogP contribution in [0.3, 0.4) is 0 Å². The molecule has 1 heterocycles. The molecule has 1 unspecified atom stereocenters. The van der Waals surface area contributed by atoms with Crippen molar-refractivity contribution in [3.63, 3.8) is 0 Å². The summed E-state index contributed by atoms with van der Waals surface area (Å²) in [5.41, 5.74) is 4.16. The van der Waals surface area contributed by atoms with Gasteiger partial charge in [0.15, 0.2) is 0 Å². The van der Waals surface area contributed by atoms with E-state index in [0.29, 0.717) is 6.04 Å². The van der Waals surface area contributed by atoms with Crippen LogP contribution in [0.25, 0.3) is 0 Å². The zero-order chi connectivity index (χ0) is 14.9. The first kappa shape index (κ1) is 15.7. The quantitative estimate of drug-likeness (QED) is 0.780. The predicted octanol–water partition coefficient (Wildman–Crippen LogP) is 4.32. The topological polar surface area (TPSA) is 24.9 Å². The molecular formula is C19H26N2. The Morgan fingerprint density at radius 1 is 0.952 bits per heavy atom. The van der Waals surface area contributed by atoms with Crippen LogP contribution in [0.15, 0.2) is 48.8 Å². The molecule has 0 saturated heterocycles. The molecule has 21 heavy (non-hydrogen) atoms. The van der Waals surface area contributed by atoms with Crippen LogP contribution >= 0.6 is 0 Å². The Morgan fingerprint density at radius 3 is 2.29 bits per heavy atom. The first-order chi connectivity index (χ1) is 10.3. The predicted molar refractivity (Wildman–Crippen MR) is 89.4 cm³/mol. The van der Waals surface area contributed by atoms with Gasteiger partial charge in [0.2, 0.25) is 0 Å². The number of rotatable bonds is 8. The summed E-state index contributed by atoms with van der Waals surface area (Å²) in [6.07, 6.45) is 8.22. The molecule has 0 radical (unpaired) electrons. The van der Waals surface area contributed by atoms with Gasteiger partial charge in [-0.1, -0.05) is 38.1 Å². The SMILES string of the molecule is CCCNC(CCc1ccncc1)c1ccc(CC)cc1. The zero-order valence-electron chi connectivity index (χ0n) is 13.2. The highest BCUT2D eigenvalue weighted by molar-refractivity contribution is 5.25. The lowest BCUT2D eigenvalue weighted by atomic mass is 9.98. The molecule has 0 fully saturated rings. The van der Waals surface area contributed by atoms with E-state index in [9.17, 15) is 0 Å².